The van der Waals surface area contributed by atoms with E-state index in [4.69, 9.17) is 10.5 Å². The summed E-state index contributed by atoms with van der Waals surface area (Å²) < 4.78 is 19.9. The highest BCUT2D eigenvalue weighted by Crippen LogP contribution is 2.41. The van der Waals surface area contributed by atoms with Gasteiger partial charge in [-0.25, -0.2) is 4.39 Å². The largest absolute Gasteiger partial charge is 0.380 e. The lowest BCUT2D eigenvalue weighted by atomic mass is 9.78. The van der Waals surface area contributed by atoms with Crippen molar-refractivity contribution in [2.75, 3.05) is 13.7 Å². The predicted molar refractivity (Wildman–Crippen MR) is 74.0 cm³/mol. The van der Waals surface area contributed by atoms with E-state index in [0.29, 0.717) is 12.1 Å². The van der Waals surface area contributed by atoms with Crippen LogP contribution in [0.25, 0.3) is 0 Å². The van der Waals surface area contributed by atoms with Crippen molar-refractivity contribution in [3.05, 3.63) is 33.5 Å². The maximum atomic E-state index is 14.1. The number of nitrogens with two attached hydrogens (primary N) is 1. The summed E-state index contributed by atoms with van der Waals surface area (Å²) in [4.78, 5) is 0. The summed E-state index contributed by atoms with van der Waals surface area (Å²) in [5, 5.41) is 0. The first-order chi connectivity index (χ1) is 8.63. The average Bonchev–Trinajstić information content (AvgIpc) is 2.83. The maximum Gasteiger partial charge on any atom is 0.130 e. The van der Waals surface area contributed by atoms with E-state index < -0.39 is 0 Å². The summed E-state index contributed by atoms with van der Waals surface area (Å²) in [6.45, 7) is 0.866. The van der Waals surface area contributed by atoms with Crippen LogP contribution in [0, 0.1) is 5.82 Å². The Kier molecular flexibility index (Phi) is 4.41. The normalized spacial score (nSPS) is 18.2. The van der Waals surface area contributed by atoms with Crippen LogP contribution in [-0.4, -0.2) is 13.7 Å². The summed E-state index contributed by atoms with van der Waals surface area (Å²) >= 11 is 3.44. The van der Waals surface area contributed by atoms with E-state index in [1.165, 1.54) is 12.8 Å². The molecule has 0 radical (unpaired) electrons. The third-order valence-electron chi connectivity index (χ3n) is 3.99. The van der Waals surface area contributed by atoms with Crippen LogP contribution in [0.3, 0.4) is 0 Å². The molecule has 100 valence electrons. The number of hydrogen-bond acceptors (Lipinski definition) is 2. The van der Waals surface area contributed by atoms with Crippen LogP contribution < -0.4 is 5.73 Å². The van der Waals surface area contributed by atoms with Crippen LogP contribution in [0.15, 0.2) is 16.6 Å². The van der Waals surface area contributed by atoms with Gasteiger partial charge >= 0.3 is 0 Å². The standard InChI is InChI=1S/C14H19BrFNO/c1-18-8-11-12(15)6-10(7-13(11)16)14(9-17)4-2-3-5-14/h6-7H,2-5,8-9,17H2,1H3. The summed E-state index contributed by atoms with van der Waals surface area (Å²) in [6.07, 6.45) is 4.46. The van der Waals surface area contributed by atoms with Gasteiger partial charge in [0.25, 0.3) is 0 Å². The fourth-order valence-electron chi connectivity index (χ4n) is 2.85. The highest BCUT2D eigenvalue weighted by Gasteiger charge is 2.35. The number of ether oxygens (including phenoxy) is 1. The van der Waals surface area contributed by atoms with Gasteiger partial charge in [0.1, 0.15) is 5.82 Å². The molecule has 2 nitrogen and oxygen atoms in total. The van der Waals surface area contributed by atoms with Gasteiger partial charge in [-0.1, -0.05) is 28.8 Å². The van der Waals surface area contributed by atoms with Gasteiger partial charge in [-0.2, -0.15) is 0 Å². The van der Waals surface area contributed by atoms with E-state index >= 15 is 0 Å². The van der Waals surface area contributed by atoms with Crippen LogP contribution in [0.1, 0.15) is 36.8 Å². The van der Waals surface area contributed by atoms with Gasteiger partial charge in [-0.15, -0.1) is 0 Å². The minimum atomic E-state index is -0.207. The molecule has 1 aromatic carbocycles. The second-order valence-electron chi connectivity index (χ2n) is 5.04. The number of hydrogen-bond donors (Lipinski definition) is 1. The molecule has 0 atom stereocenters. The fraction of sp³-hybridized carbons (Fsp3) is 0.571. The molecule has 4 heteroatoms. The maximum absolute atomic E-state index is 14.1. The zero-order valence-corrected chi connectivity index (χ0v) is 12.2. The lowest BCUT2D eigenvalue weighted by Gasteiger charge is -2.28. The summed E-state index contributed by atoms with van der Waals surface area (Å²) in [5.41, 5.74) is 7.50. The van der Waals surface area contributed by atoms with E-state index in [1.807, 2.05) is 6.07 Å². The SMILES string of the molecule is COCc1c(F)cc(C2(CN)CCCC2)cc1Br. The first kappa shape index (κ1) is 14.0. The zero-order valence-electron chi connectivity index (χ0n) is 10.6. The summed E-state index contributed by atoms with van der Waals surface area (Å²) in [6, 6.07) is 3.65. The van der Waals surface area contributed by atoms with Crippen molar-refractivity contribution >= 4 is 15.9 Å². The molecular weight excluding hydrogens is 297 g/mol. The second-order valence-corrected chi connectivity index (χ2v) is 5.90. The molecule has 0 bridgehead atoms. The molecule has 2 N–H and O–H groups in total. The van der Waals surface area contributed by atoms with Crippen molar-refractivity contribution in [2.45, 2.75) is 37.7 Å². The molecule has 2 rings (SSSR count). The third kappa shape index (κ3) is 2.46. The summed E-state index contributed by atoms with van der Waals surface area (Å²) in [7, 11) is 1.57. The van der Waals surface area contributed by atoms with Crippen molar-refractivity contribution in [3.63, 3.8) is 0 Å². The Morgan fingerprint density at radius 3 is 2.56 bits per heavy atom. The fourth-order valence-corrected chi connectivity index (χ4v) is 3.40. The van der Waals surface area contributed by atoms with Gasteiger partial charge in [0.15, 0.2) is 0 Å². The topological polar surface area (TPSA) is 35.2 Å². The molecular formula is C14H19BrFNO. The highest BCUT2D eigenvalue weighted by atomic mass is 79.9. The molecule has 0 unspecified atom stereocenters. The number of methoxy groups -OCH3 is 1. The highest BCUT2D eigenvalue weighted by molar-refractivity contribution is 9.10. The van der Waals surface area contributed by atoms with E-state index in [9.17, 15) is 4.39 Å². The Labute approximate surface area is 116 Å². The van der Waals surface area contributed by atoms with Crippen molar-refractivity contribution in [3.8, 4) is 0 Å². The summed E-state index contributed by atoms with van der Waals surface area (Å²) in [5.74, 6) is -0.207. The first-order valence-electron chi connectivity index (χ1n) is 6.30. The van der Waals surface area contributed by atoms with Crippen LogP contribution >= 0.6 is 15.9 Å². The lowest BCUT2D eigenvalue weighted by Crippen LogP contribution is -2.32. The molecule has 1 fully saturated rings. The van der Waals surface area contributed by atoms with Gasteiger partial charge in [0.2, 0.25) is 0 Å². The molecule has 0 aromatic heterocycles. The van der Waals surface area contributed by atoms with Gasteiger partial charge in [0, 0.05) is 29.1 Å². The van der Waals surface area contributed by atoms with E-state index in [1.54, 1.807) is 13.2 Å². The minimum absolute atomic E-state index is 0.0328. The molecule has 1 aliphatic rings. The van der Waals surface area contributed by atoms with Crippen molar-refractivity contribution in [1.29, 1.82) is 0 Å². The molecule has 0 heterocycles. The molecule has 0 saturated heterocycles. The smallest absolute Gasteiger partial charge is 0.130 e. The van der Waals surface area contributed by atoms with Crippen molar-refractivity contribution in [2.24, 2.45) is 5.73 Å². The molecule has 1 saturated carbocycles. The van der Waals surface area contributed by atoms with Crippen molar-refractivity contribution in [1.82, 2.24) is 0 Å². The van der Waals surface area contributed by atoms with Crippen molar-refractivity contribution < 1.29 is 9.13 Å². The monoisotopic (exact) mass is 315 g/mol. The Balaban J connectivity index is 2.40. The van der Waals surface area contributed by atoms with Gasteiger partial charge < -0.3 is 10.5 Å². The van der Waals surface area contributed by atoms with Crippen LogP contribution in [-0.2, 0) is 16.8 Å². The van der Waals surface area contributed by atoms with E-state index in [0.717, 1.165) is 22.9 Å². The Morgan fingerprint density at radius 2 is 2.06 bits per heavy atom. The van der Waals surface area contributed by atoms with Gasteiger partial charge in [-0.3, -0.25) is 0 Å². The molecule has 0 spiro atoms. The second kappa shape index (κ2) is 5.68. The molecule has 18 heavy (non-hydrogen) atoms. The number of rotatable bonds is 4. The Hall–Kier alpha value is -0.450. The molecule has 1 aliphatic carbocycles. The number of benzene rings is 1. The molecule has 0 amide bonds. The average molecular weight is 316 g/mol. The first-order valence-corrected chi connectivity index (χ1v) is 7.10. The van der Waals surface area contributed by atoms with Gasteiger partial charge in [0.05, 0.1) is 6.61 Å². The quantitative estimate of drug-likeness (QED) is 0.923. The van der Waals surface area contributed by atoms with Gasteiger partial charge in [-0.05, 0) is 30.5 Å². The Bertz CT molecular complexity index is 407. The lowest BCUT2D eigenvalue weighted by molar-refractivity contribution is 0.180. The van der Waals surface area contributed by atoms with Crippen LogP contribution in [0.2, 0.25) is 0 Å². The van der Waals surface area contributed by atoms with E-state index in [-0.39, 0.29) is 17.8 Å². The van der Waals surface area contributed by atoms with Crippen LogP contribution in [0.5, 0.6) is 0 Å². The van der Waals surface area contributed by atoms with E-state index in [2.05, 4.69) is 15.9 Å². The van der Waals surface area contributed by atoms with Crippen LogP contribution in [0.4, 0.5) is 4.39 Å². The zero-order chi connectivity index (χ0) is 13.2. The minimum Gasteiger partial charge on any atom is -0.380 e. The Morgan fingerprint density at radius 1 is 1.39 bits per heavy atom. The molecule has 0 aliphatic heterocycles. The third-order valence-corrected chi connectivity index (χ3v) is 4.70. The predicted octanol–water partition coefficient (Wildman–Crippen LogP) is 3.51. The number of halogens is 2. The molecule has 1 aromatic rings.